The number of ether oxygens (including phenoxy) is 1. The van der Waals surface area contributed by atoms with Gasteiger partial charge in [-0.25, -0.2) is 4.79 Å². The molecule has 0 aromatic heterocycles. The first-order chi connectivity index (χ1) is 4.76. The highest BCUT2D eigenvalue weighted by molar-refractivity contribution is 5.88. The highest BCUT2D eigenvalue weighted by Gasteiger charge is 2.05. The van der Waals surface area contributed by atoms with Crippen LogP contribution in [0.25, 0.3) is 0 Å². The van der Waals surface area contributed by atoms with Gasteiger partial charge in [-0.2, -0.15) is 0 Å². The molecule has 0 radical (unpaired) electrons. The molecule has 10 heavy (non-hydrogen) atoms. The average molecular weight is 143 g/mol. The first-order valence-electron chi connectivity index (χ1n) is 3.19. The van der Waals surface area contributed by atoms with Crippen molar-refractivity contribution in [2.75, 3.05) is 13.7 Å². The van der Waals surface area contributed by atoms with E-state index >= 15 is 0 Å². The Kier molecular flexibility index (Phi) is 4.58. The molecule has 3 heteroatoms. The quantitative estimate of drug-likeness (QED) is 0.461. The van der Waals surface area contributed by atoms with Crippen LogP contribution >= 0.6 is 0 Å². The smallest absolute Gasteiger partial charge is 0.333 e. The molecular weight excluding hydrogens is 130 g/mol. The highest BCUT2D eigenvalue weighted by Crippen LogP contribution is 2.00. The number of hydrogen-bond donors (Lipinski definition) is 1. The predicted octanol–water partition coefficient (Wildman–Crippen LogP) is 0.455. The van der Waals surface area contributed by atoms with E-state index in [0.29, 0.717) is 18.5 Å². The largest absolute Gasteiger partial charge is 0.466 e. The third-order valence-corrected chi connectivity index (χ3v) is 1.21. The molecule has 0 aliphatic carbocycles. The fourth-order valence-corrected chi connectivity index (χ4v) is 0.651. The molecule has 0 amide bonds. The summed E-state index contributed by atoms with van der Waals surface area (Å²) >= 11 is 0. The van der Waals surface area contributed by atoms with Gasteiger partial charge in [0.1, 0.15) is 0 Å². The van der Waals surface area contributed by atoms with Crippen LogP contribution in [0.2, 0.25) is 0 Å². The van der Waals surface area contributed by atoms with E-state index in [1.54, 1.807) is 13.0 Å². The molecular formula is C7H13NO2. The lowest BCUT2D eigenvalue weighted by molar-refractivity contribution is -0.136. The molecule has 0 saturated heterocycles. The Hall–Kier alpha value is -0.830. The summed E-state index contributed by atoms with van der Waals surface area (Å²) in [6.07, 6.45) is 2.31. The maximum atomic E-state index is 10.8. The Morgan fingerprint density at radius 3 is 2.60 bits per heavy atom. The van der Waals surface area contributed by atoms with E-state index in [2.05, 4.69) is 4.74 Å². The van der Waals surface area contributed by atoms with Gasteiger partial charge < -0.3 is 10.5 Å². The first kappa shape index (κ1) is 9.17. The van der Waals surface area contributed by atoms with Crippen molar-refractivity contribution in [3.05, 3.63) is 11.6 Å². The Labute approximate surface area is 60.9 Å². The molecule has 0 aromatic rings. The van der Waals surface area contributed by atoms with E-state index in [0.717, 1.165) is 0 Å². The van der Waals surface area contributed by atoms with Crippen LogP contribution in [0.15, 0.2) is 11.6 Å². The zero-order chi connectivity index (χ0) is 7.98. The van der Waals surface area contributed by atoms with Crippen molar-refractivity contribution in [1.82, 2.24) is 0 Å². The van der Waals surface area contributed by atoms with E-state index in [9.17, 15) is 4.79 Å². The summed E-state index contributed by atoms with van der Waals surface area (Å²) in [5, 5.41) is 0. The van der Waals surface area contributed by atoms with Gasteiger partial charge in [0.2, 0.25) is 0 Å². The molecule has 0 spiro atoms. The normalized spacial score (nSPS) is 11.3. The van der Waals surface area contributed by atoms with Crippen LogP contribution in [-0.2, 0) is 9.53 Å². The van der Waals surface area contributed by atoms with Gasteiger partial charge in [0, 0.05) is 5.57 Å². The molecule has 0 saturated carbocycles. The minimum Gasteiger partial charge on any atom is -0.466 e. The van der Waals surface area contributed by atoms with Gasteiger partial charge >= 0.3 is 5.97 Å². The summed E-state index contributed by atoms with van der Waals surface area (Å²) in [5.74, 6) is -0.284. The second kappa shape index (κ2) is 4.99. The van der Waals surface area contributed by atoms with Crippen molar-refractivity contribution < 1.29 is 9.53 Å². The van der Waals surface area contributed by atoms with Crippen LogP contribution in [0.5, 0.6) is 0 Å². The van der Waals surface area contributed by atoms with E-state index in [-0.39, 0.29) is 5.97 Å². The number of allylic oxidation sites excluding steroid dienone is 1. The van der Waals surface area contributed by atoms with Gasteiger partial charge in [0.15, 0.2) is 0 Å². The van der Waals surface area contributed by atoms with Crippen LogP contribution in [0, 0.1) is 0 Å². The van der Waals surface area contributed by atoms with Crippen molar-refractivity contribution >= 4 is 5.97 Å². The lowest BCUT2D eigenvalue weighted by Gasteiger charge is -2.00. The van der Waals surface area contributed by atoms with Crippen LogP contribution in [0.4, 0.5) is 0 Å². The molecule has 0 aliphatic heterocycles. The summed E-state index contributed by atoms with van der Waals surface area (Å²) < 4.78 is 4.49. The summed E-state index contributed by atoms with van der Waals surface area (Å²) in [6, 6.07) is 0. The van der Waals surface area contributed by atoms with Crippen LogP contribution in [0.3, 0.4) is 0 Å². The van der Waals surface area contributed by atoms with Crippen molar-refractivity contribution in [2.45, 2.75) is 13.3 Å². The maximum Gasteiger partial charge on any atom is 0.333 e. The number of methoxy groups -OCH3 is 1. The predicted molar refractivity (Wildman–Crippen MR) is 39.4 cm³/mol. The van der Waals surface area contributed by atoms with Crippen molar-refractivity contribution in [2.24, 2.45) is 5.73 Å². The van der Waals surface area contributed by atoms with Gasteiger partial charge in [0.25, 0.3) is 0 Å². The summed E-state index contributed by atoms with van der Waals surface area (Å²) in [5.41, 5.74) is 5.89. The number of rotatable bonds is 3. The molecule has 0 aromatic carbocycles. The Balaban J connectivity index is 3.95. The highest BCUT2D eigenvalue weighted by atomic mass is 16.5. The molecule has 0 atom stereocenters. The van der Waals surface area contributed by atoms with Gasteiger partial charge in [0.05, 0.1) is 7.11 Å². The minimum absolute atomic E-state index is 0.284. The van der Waals surface area contributed by atoms with Gasteiger partial charge in [-0.05, 0) is 19.9 Å². The fourth-order valence-electron chi connectivity index (χ4n) is 0.651. The lowest BCUT2D eigenvalue weighted by atomic mass is 10.2. The second-order valence-corrected chi connectivity index (χ2v) is 1.84. The number of esters is 1. The Bertz CT molecular complexity index is 141. The van der Waals surface area contributed by atoms with Crippen molar-refractivity contribution in [3.63, 3.8) is 0 Å². The maximum absolute atomic E-state index is 10.8. The van der Waals surface area contributed by atoms with E-state index in [1.807, 2.05) is 0 Å². The molecule has 0 heterocycles. The molecule has 0 fully saturated rings. The molecule has 0 aliphatic rings. The van der Waals surface area contributed by atoms with Gasteiger partial charge in [-0.1, -0.05) is 6.08 Å². The molecule has 2 N–H and O–H groups in total. The zero-order valence-corrected chi connectivity index (χ0v) is 6.39. The number of hydrogen-bond acceptors (Lipinski definition) is 3. The summed E-state index contributed by atoms with van der Waals surface area (Å²) in [6.45, 7) is 2.27. The van der Waals surface area contributed by atoms with E-state index < -0.39 is 0 Å². The lowest BCUT2D eigenvalue weighted by Crippen LogP contribution is -2.09. The Morgan fingerprint density at radius 1 is 1.70 bits per heavy atom. The number of nitrogens with two attached hydrogens (primary N) is 1. The monoisotopic (exact) mass is 143 g/mol. The molecule has 3 nitrogen and oxygen atoms in total. The third kappa shape index (κ3) is 2.64. The topological polar surface area (TPSA) is 52.3 Å². The third-order valence-electron chi connectivity index (χ3n) is 1.21. The van der Waals surface area contributed by atoms with Crippen LogP contribution in [-0.4, -0.2) is 19.6 Å². The van der Waals surface area contributed by atoms with Gasteiger partial charge in [-0.3, -0.25) is 0 Å². The van der Waals surface area contributed by atoms with E-state index in [1.165, 1.54) is 7.11 Å². The summed E-state index contributed by atoms with van der Waals surface area (Å²) in [4.78, 5) is 10.8. The number of carbonyl (C=O) groups excluding carboxylic acids is 1. The zero-order valence-electron chi connectivity index (χ0n) is 6.39. The standard InChI is InChI=1S/C7H13NO2/c1-3-6(4-5-8)7(9)10-2/h3H,4-5,8H2,1-2H3. The Morgan fingerprint density at radius 2 is 2.30 bits per heavy atom. The minimum atomic E-state index is -0.284. The molecule has 0 unspecified atom stereocenters. The summed E-state index contributed by atoms with van der Waals surface area (Å²) in [7, 11) is 1.36. The van der Waals surface area contributed by atoms with Gasteiger partial charge in [-0.15, -0.1) is 0 Å². The van der Waals surface area contributed by atoms with E-state index in [4.69, 9.17) is 5.73 Å². The average Bonchev–Trinajstić information content (AvgIpc) is 1.99. The fraction of sp³-hybridized carbons (Fsp3) is 0.571. The number of carbonyl (C=O) groups is 1. The SMILES string of the molecule is CC=C(CCN)C(=O)OC. The first-order valence-corrected chi connectivity index (χ1v) is 3.19. The molecule has 0 rings (SSSR count). The second-order valence-electron chi connectivity index (χ2n) is 1.84. The molecule has 0 bridgehead atoms. The van der Waals surface area contributed by atoms with Crippen molar-refractivity contribution in [1.29, 1.82) is 0 Å². The van der Waals surface area contributed by atoms with Crippen LogP contribution in [0.1, 0.15) is 13.3 Å². The molecule has 58 valence electrons. The van der Waals surface area contributed by atoms with Crippen LogP contribution < -0.4 is 5.73 Å². The van der Waals surface area contributed by atoms with Crippen molar-refractivity contribution in [3.8, 4) is 0 Å².